The number of aromatic nitrogens is 2. The summed E-state index contributed by atoms with van der Waals surface area (Å²) in [6.45, 7) is 1.45. The molecule has 102 valence electrons. The van der Waals surface area contributed by atoms with Crippen molar-refractivity contribution in [2.75, 3.05) is 10.5 Å². The number of anilines is 2. The quantitative estimate of drug-likeness (QED) is 0.817. The Labute approximate surface area is 106 Å². The van der Waals surface area contributed by atoms with Crippen LogP contribution in [0.4, 0.5) is 20.5 Å². The number of hydrogen-bond donors (Lipinski definition) is 2. The van der Waals surface area contributed by atoms with Crippen LogP contribution in [0.1, 0.15) is 5.89 Å². The highest BCUT2D eigenvalue weighted by atomic mass is 32.2. The van der Waals surface area contributed by atoms with Crippen LogP contribution in [0.5, 0.6) is 0 Å². The van der Waals surface area contributed by atoms with E-state index in [1.54, 1.807) is 0 Å². The van der Waals surface area contributed by atoms with Gasteiger partial charge in [0.2, 0.25) is 5.89 Å². The lowest BCUT2D eigenvalue weighted by atomic mass is 10.3. The van der Waals surface area contributed by atoms with Crippen molar-refractivity contribution in [1.29, 1.82) is 0 Å². The smallest absolute Gasteiger partial charge is 0.329 e. The van der Waals surface area contributed by atoms with Crippen molar-refractivity contribution in [2.45, 2.75) is 11.8 Å². The predicted octanol–water partition coefficient (Wildman–Crippen LogP) is 1.04. The molecule has 2 rings (SSSR count). The Morgan fingerprint density at radius 3 is 2.53 bits per heavy atom. The second-order valence-corrected chi connectivity index (χ2v) is 5.19. The van der Waals surface area contributed by atoms with Gasteiger partial charge in [0.1, 0.15) is 16.5 Å². The minimum absolute atomic E-state index is 0.122. The van der Waals surface area contributed by atoms with Crippen LogP contribution >= 0.6 is 0 Å². The number of nitrogens with two attached hydrogens (primary N) is 1. The third-order valence-corrected chi connectivity index (χ3v) is 3.42. The molecule has 0 bridgehead atoms. The van der Waals surface area contributed by atoms with Crippen LogP contribution in [0.3, 0.4) is 0 Å². The number of rotatable bonds is 3. The maximum absolute atomic E-state index is 13.5. The molecule has 2 aromatic rings. The van der Waals surface area contributed by atoms with E-state index in [9.17, 15) is 17.2 Å². The Kier molecular flexibility index (Phi) is 3.10. The van der Waals surface area contributed by atoms with Crippen molar-refractivity contribution < 1.29 is 21.6 Å². The zero-order valence-corrected chi connectivity index (χ0v) is 10.3. The number of nitrogen functional groups attached to an aromatic ring is 1. The van der Waals surface area contributed by atoms with E-state index in [2.05, 4.69) is 10.2 Å². The zero-order chi connectivity index (χ0) is 14.2. The van der Waals surface area contributed by atoms with Gasteiger partial charge in [-0.3, -0.25) is 0 Å². The number of benzene rings is 1. The van der Waals surface area contributed by atoms with Gasteiger partial charge in [0.15, 0.2) is 0 Å². The lowest BCUT2D eigenvalue weighted by molar-refractivity contribution is 0.532. The Morgan fingerprint density at radius 2 is 1.95 bits per heavy atom. The Bertz CT molecular complexity index is 729. The SMILES string of the molecule is Cc1nnc(NS(=O)(=O)c2cc(N)c(F)cc2F)o1. The van der Waals surface area contributed by atoms with E-state index < -0.39 is 38.3 Å². The number of sulfonamides is 1. The fourth-order valence-electron chi connectivity index (χ4n) is 1.26. The molecule has 0 saturated heterocycles. The molecule has 0 atom stereocenters. The van der Waals surface area contributed by atoms with Gasteiger partial charge in [0.25, 0.3) is 10.0 Å². The summed E-state index contributed by atoms with van der Waals surface area (Å²) < 4.78 is 56.7. The maximum atomic E-state index is 13.5. The second-order valence-electron chi connectivity index (χ2n) is 3.54. The predicted molar refractivity (Wildman–Crippen MR) is 60.6 cm³/mol. The molecule has 0 aliphatic heterocycles. The lowest BCUT2D eigenvalue weighted by Gasteiger charge is -2.06. The molecule has 0 spiro atoms. The average Bonchev–Trinajstić information content (AvgIpc) is 2.68. The van der Waals surface area contributed by atoms with Gasteiger partial charge in [-0.2, -0.15) is 0 Å². The van der Waals surface area contributed by atoms with Crippen LogP contribution < -0.4 is 10.5 Å². The fraction of sp³-hybridized carbons (Fsp3) is 0.111. The molecule has 10 heteroatoms. The van der Waals surface area contributed by atoms with E-state index >= 15 is 0 Å². The first-order chi connectivity index (χ1) is 8.79. The fourth-order valence-corrected chi connectivity index (χ4v) is 2.28. The third-order valence-electron chi connectivity index (χ3n) is 2.09. The highest BCUT2D eigenvalue weighted by Gasteiger charge is 2.23. The summed E-state index contributed by atoms with van der Waals surface area (Å²) in [5.74, 6) is -2.21. The average molecular weight is 290 g/mol. The molecular formula is C9H8F2N4O3S. The van der Waals surface area contributed by atoms with E-state index in [4.69, 9.17) is 10.2 Å². The van der Waals surface area contributed by atoms with Crippen molar-refractivity contribution in [3.05, 3.63) is 29.7 Å². The maximum Gasteiger partial charge on any atom is 0.329 e. The molecule has 0 fully saturated rings. The van der Waals surface area contributed by atoms with Crippen molar-refractivity contribution in [2.24, 2.45) is 0 Å². The van der Waals surface area contributed by atoms with Crippen molar-refractivity contribution in [1.82, 2.24) is 10.2 Å². The summed E-state index contributed by atoms with van der Waals surface area (Å²) in [7, 11) is -4.34. The van der Waals surface area contributed by atoms with Gasteiger partial charge in [0.05, 0.1) is 5.69 Å². The Morgan fingerprint density at radius 1 is 1.26 bits per heavy atom. The van der Waals surface area contributed by atoms with E-state index in [0.29, 0.717) is 12.1 Å². The Balaban J connectivity index is 2.42. The largest absolute Gasteiger partial charge is 0.408 e. The van der Waals surface area contributed by atoms with E-state index in [0.717, 1.165) is 0 Å². The van der Waals surface area contributed by atoms with Crippen LogP contribution in [0.15, 0.2) is 21.4 Å². The minimum atomic E-state index is -4.34. The molecule has 1 aromatic heterocycles. The summed E-state index contributed by atoms with van der Waals surface area (Å²) in [6, 6.07) is 0.610. The van der Waals surface area contributed by atoms with Crippen molar-refractivity contribution >= 4 is 21.7 Å². The third kappa shape index (κ3) is 2.62. The van der Waals surface area contributed by atoms with Crippen LogP contribution in [0.2, 0.25) is 0 Å². The molecule has 0 unspecified atom stereocenters. The van der Waals surface area contributed by atoms with Gasteiger partial charge in [-0.1, -0.05) is 5.10 Å². The molecule has 0 aliphatic rings. The molecule has 0 aliphatic carbocycles. The first-order valence-electron chi connectivity index (χ1n) is 4.87. The van der Waals surface area contributed by atoms with Gasteiger partial charge in [-0.05, 0) is 6.07 Å². The van der Waals surface area contributed by atoms with Gasteiger partial charge in [0, 0.05) is 13.0 Å². The minimum Gasteiger partial charge on any atom is -0.408 e. The molecule has 3 N–H and O–H groups in total. The van der Waals surface area contributed by atoms with Gasteiger partial charge in [-0.25, -0.2) is 21.9 Å². The normalized spacial score (nSPS) is 11.5. The zero-order valence-electron chi connectivity index (χ0n) is 9.52. The summed E-state index contributed by atoms with van der Waals surface area (Å²) in [4.78, 5) is -0.817. The number of hydrogen-bond acceptors (Lipinski definition) is 6. The summed E-state index contributed by atoms with van der Waals surface area (Å²) >= 11 is 0. The lowest BCUT2D eigenvalue weighted by Crippen LogP contribution is -2.15. The van der Waals surface area contributed by atoms with E-state index in [-0.39, 0.29) is 5.89 Å². The van der Waals surface area contributed by atoms with Crippen LogP contribution in [-0.4, -0.2) is 18.6 Å². The number of aryl methyl sites for hydroxylation is 1. The van der Waals surface area contributed by atoms with E-state index in [1.807, 2.05) is 4.72 Å². The molecular weight excluding hydrogens is 282 g/mol. The first-order valence-corrected chi connectivity index (χ1v) is 6.35. The molecule has 1 aromatic carbocycles. The molecule has 0 radical (unpaired) electrons. The van der Waals surface area contributed by atoms with Crippen molar-refractivity contribution in [3.8, 4) is 0 Å². The highest BCUT2D eigenvalue weighted by molar-refractivity contribution is 7.92. The summed E-state index contributed by atoms with van der Waals surface area (Å²) in [5, 5.41) is 6.79. The van der Waals surface area contributed by atoms with Gasteiger partial charge in [-0.15, -0.1) is 5.10 Å². The Hall–Kier alpha value is -2.23. The molecule has 19 heavy (non-hydrogen) atoms. The summed E-state index contributed by atoms with van der Waals surface area (Å²) in [6.07, 6.45) is 0. The van der Waals surface area contributed by atoms with Gasteiger partial charge < -0.3 is 10.2 Å². The van der Waals surface area contributed by atoms with Crippen LogP contribution in [0.25, 0.3) is 0 Å². The van der Waals surface area contributed by atoms with Crippen molar-refractivity contribution in [3.63, 3.8) is 0 Å². The molecule has 0 saturated carbocycles. The summed E-state index contributed by atoms with van der Waals surface area (Å²) in [5.41, 5.74) is 4.70. The first kappa shape index (κ1) is 13.2. The van der Waals surface area contributed by atoms with Crippen LogP contribution in [0, 0.1) is 18.6 Å². The van der Waals surface area contributed by atoms with Gasteiger partial charge >= 0.3 is 6.01 Å². The second kappa shape index (κ2) is 4.46. The number of halogens is 2. The number of nitrogens with one attached hydrogen (secondary N) is 1. The molecule has 0 amide bonds. The molecule has 1 heterocycles. The topological polar surface area (TPSA) is 111 Å². The highest BCUT2D eigenvalue weighted by Crippen LogP contribution is 2.22. The van der Waals surface area contributed by atoms with Crippen LogP contribution in [-0.2, 0) is 10.0 Å². The standard InChI is InChI=1S/C9H8F2N4O3S/c1-4-13-14-9(18-4)15-19(16,17)8-3-7(12)5(10)2-6(8)11/h2-3H,12H2,1H3,(H,14,15). The molecule has 7 nitrogen and oxygen atoms in total. The monoisotopic (exact) mass is 290 g/mol. The number of nitrogens with zero attached hydrogens (tertiary/aromatic N) is 2. The van der Waals surface area contributed by atoms with E-state index in [1.165, 1.54) is 6.92 Å².